The van der Waals surface area contributed by atoms with Gasteiger partial charge in [-0.15, -0.1) is 5.10 Å². The summed E-state index contributed by atoms with van der Waals surface area (Å²) >= 11 is 0. The Hall–Kier alpha value is -1.14. The van der Waals surface area contributed by atoms with E-state index >= 15 is 0 Å². The van der Waals surface area contributed by atoms with Crippen molar-refractivity contribution in [3.8, 4) is 0 Å². The molecule has 2 aromatic rings. The summed E-state index contributed by atoms with van der Waals surface area (Å²) in [5.74, 6) is 0. The van der Waals surface area contributed by atoms with Crippen LogP contribution in [0.1, 0.15) is 0 Å². The second kappa shape index (κ2) is 2.93. The molecule has 74 valence electrons. The van der Waals surface area contributed by atoms with Crippen LogP contribution in [0.2, 0.25) is 0 Å². The summed E-state index contributed by atoms with van der Waals surface area (Å²) in [6.07, 6.45) is 0. The molecule has 0 bridgehead atoms. The highest BCUT2D eigenvalue weighted by Gasteiger charge is 2.17. The lowest BCUT2D eigenvalue weighted by atomic mass is 10.3. The van der Waals surface area contributed by atoms with E-state index < -0.39 is 9.05 Å². The fraction of sp³-hybridized carbons (Fsp3) is 0.143. The first-order valence-electron chi connectivity index (χ1n) is 3.73. The van der Waals surface area contributed by atoms with Crippen LogP contribution in [-0.2, 0) is 16.1 Å². The highest BCUT2D eigenvalue weighted by atomic mass is 35.7. The number of fused-ring (bicyclic) bond motifs is 1. The van der Waals surface area contributed by atoms with Crippen molar-refractivity contribution in [3.05, 3.63) is 18.2 Å². The Balaban J connectivity index is 2.96. The Kier molecular flexibility index (Phi) is 1.97. The lowest BCUT2D eigenvalue weighted by Gasteiger charge is -1.98. The Bertz CT molecular complexity index is 590. The van der Waals surface area contributed by atoms with Crippen molar-refractivity contribution in [1.82, 2.24) is 15.0 Å². The van der Waals surface area contributed by atoms with Crippen LogP contribution in [0.25, 0.3) is 11.0 Å². The Labute approximate surface area is 84.7 Å². The summed E-state index contributed by atoms with van der Waals surface area (Å²) in [4.78, 5) is 0.0316. The van der Waals surface area contributed by atoms with Crippen LogP contribution >= 0.6 is 10.7 Å². The molecule has 1 heterocycles. The zero-order valence-corrected chi connectivity index (χ0v) is 8.75. The van der Waals surface area contributed by atoms with Crippen LogP contribution in [0.3, 0.4) is 0 Å². The van der Waals surface area contributed by atoms with Gasteiger partial charge in [-0.05, 0) is 12.1 Å². The number of nitrogens with zero attached hydrogens (tertiary/aromatic N) is 3. The number of benzene rings is 1. The van der Waals surface area contributed by atoms with Gasteiger partial charge in [0.05, 0.1) is 0 Å². The van der Waals surface area contributed by atoms with Crippen LogP contribution in [0.15, 0.2) is 23.1 Å². The summed E-state index contributed by atoms with van der Waals surface area (Å²) in [7, 11) is 3.13. The molecular weight excluding hydrogens is 226 g/mol. The Morgan fingerprint density at radius 3 is 2.79 bits per heavy atom. The van der Waals surface area contributed by atoms with Gasteiger partial charge in [0.15, 0.2) is 0 Å². The smallest absolute Gasteiger partial charge is 0.246 e. The van der Waals surface area contributed by atoms with Gasteiger partial charge in [-0.1, -0.05) is 11.3 Å². The molecule has 14 heavy (non-hydrogen) atoms. The minimum atomic E-state index is -3.75. The molecule has 0 aliphatic heterocycles. The number of hydrogen-bond donors (Lipinski definition) is 0. The molecule has 0 spiro atoms. The van der Waals surface area contributed by atoms with Crippen molar-refractivity contribution in [1.29, 1.82) is 0 Å². The minimum Gasteiger partial charge on any atom is -0.246 e. The SMILES string of the molecule is Cn1nnc2cccc(S(=O)(=O)Cl)c21. The number of halogens is 1. The number of aryl methyl sites for hydroxylation is 1. The summed E-state index contributed by atoms with van der Waals surface area (Å²) in [6, 6.07) is 4.67. The largest absolute Gasteiger partial charge is 0.263 e. The number of rotatable bonds is 1. The fourth-order valence-electron chi connectivity index (χ4n) is 1.27. The zero-order chi connectivity index (χ0) is 10.3. The first-order valence-corrected chi connectivity index (χ1v) is 6.04. The molecule has 5 nitrogen and oxygen atoms in total. The minimum absolute atomic E-state index is 0.0316. The Morgan fingerprint density at radius 2 is 2.14 bits per heavy atom. The van der Waals surface area contributed by atoms with Crippen molar-refractivity contribution < 1.29 is 8.42 Å². The van der Waals surface area contributed by atoms with Gasteiger partial charge in [0.2, 0.25) is 0 Å². The van der Waals surface area contributed by atoms with Gasteiger partial charge in [-0.2, -0.15) is 0 Å². The standard InChI is InChI=1S/C7H6ClN3O2S/c1-11-7-5(9-10-11)3-2-4-6(7)14(8,12)13/h2-4H,1H3. The second-order valence-corrected chi connectivity index (χ2v) is 5.31. The van der Waals surface area contributed by atoms with Crippen LogP contribution in [0.4, 0.5) is 0 Å². The van der Waals surface area contributed by atoms with E-state index in [0.717, 1.165) is 0 Å². The topological polar surface area (TPSA) is 64.8 Å². The molecule has 7 heteroatoms. The average molecular weight is 232 g/mol. The average Bonchev–Trinajstić information content (AvgIpc) is 2.46. The van der Waals surface area contributed by atoms with E-state index in [1.54, 1.807) is 19.2 Å². The predicted molar refractivity (Wildman–Crippen MR) is 51.5 cm³/mol. The molecule has 0 saturated carbocycles. The first kappa shape index (κ1) is 9.42. The highest BCUT2D eigenvalue weighted by Crippen LogP contribution is 2.23. The molecule has 1 aromatic carbocycles. The first-order chi connectivity index (χ1) is 6.50. The quantitative estimate of drug-likeness (QED) is 0.684. The third-order valence-electron chi connectivity index (χ3n) is 1.85. The van der Waals surface area contributed by atoms with E-state index in [1.165, 1.54) is 10.7 Å². The zero-order valence-electron chi connectivity index (χ0n) is 7.18. The maximum Gasteiger partial charge on any atom is 0.263 e. The Morgan fingerprint density at radius 1 is 1.43 bits per heavy atom. The van der Waals surface area contributed by atoms with Crippen molar-refractivity contribution in [2.75, 3.05) is 0 Å². The summed E-state index contributed by atoms with van der Waals surface area (Å²) in [5, 5.41) is 7.50. The number of hydrogen-bond acceptors (Lipinski definition) is 4. The lowest BCUT2D eigenvalue weighted by molar-refractivity contribution is 0.609. The van der Waals surface area contributed by atoms with Crippen molar-refractivity contribution >= 4 is 30.8 Å². The molecule has 0 atom stereocenters. The molecule has 0 unspecified atom stereocenters. The van der Waals surface area contributed by atoms with Gasteiger partial charge in [0.25, 0.3) is 9.05 Å². The van der Waals surface area contributed by atoms with Gasteiger partial charge in [-0.25, -0.2) is 13.1 Å². The number of para-hydroxylation sites is 1. The third-order valence-corrected chi connectivity index (χ3v) is 3.20. The van der Waals surface area contributed by atoms with Gasteiger partial charge >= 0.3 is 0 Å². The normalized spacial score (nSPS) is 12.1. The van der Waals surface area contributed by atoms with Gasteiger partial charge in [0.1, 0.15) is 15.9 Å². The molecule has 2 rings (SSSR count). The summed E-state index contributed by atoms with van der Waals surface area (Å²) < 4.78 is 23.8. The third kappa shape index (κ3) is 1.36. The van der Waals surface area contributed by atoms with Crippen LogP contribution in [0.5, 0.6) is 0 Å². The van der Waals surface area contributed by atoms with E-state index in [9.17, 15) is 8.42 Å². The monoisotopic (exact) mass is 231 g/mol. The van der Waals surface area contributed by atoms with Crippen molar-refractivity contribution in [2.45, 2.75) is 4.90 Å². The molecule has 0 aliphatic rings. The van der Waals surface area contributed by atoms with Gasteiger partial charge in [-0.3, -0.25) is 0 Å². The molecule has 0 aliphatic carbocycles. The van der Waals surface area contributed by atoms with Crippen molar-refractivity contribution in [2.24, 2.45) is 7.05 Å². The van der Waals surface area contributed by atoms with Crippen LogP contribution in [-0.4, -0.2) is 23.4 Å². The second-order valence-electron chi connectivity index (χ2n) is 2.77. The molecule has 0 amide bonds. The highest BCUT2D eigenvalue weighted by molar-refractivity contribution is 8.14. The van der Waals surface area contributed by atoms with E-state index in [1.807, 2.05) is 0 Å². The maximum atomic E-state index is 11.2. The summed E-state index contributed by atoms with van der Waals surface area (Å²) in [5.41, 5.74) is 0.928. The molecule has 0 radical (unpaired) electrons. The van der Waals surface area contributed by atoms with Gasteiger partial charge in [0, 0.05) is 17.7 Å². The number of aromatic nitrogens is 3. The van der Waals surface area contributed by atoms with Gasteiger partial charge < -0.3 is 0 Å². The van der Waals surface area contributed by atoms with Crippen LogP contribution < -0.4 is 0 Å². The summed E-state index contributed by atoms with van der Waals surface area (Å²) in [6.45, 7) is 0. The molecular formula is C7H6ClN3O2S. The van der Waals surface area contributed by atoms with Crippen molar-refractivity contribution in [3.63, 3.8) is 0 Å². The molecule has 0 N–H and O–H groups in total. The molecule has 1 aromatic heterocycles. The molecule has 0 saturated heterocycles. The van der Waals surface area contributed by atoms with E-state index in [0.29, 0.717) is 11.0 Å². The predicted octanol–water partition coefficient (Wildman–Crippen LogP) is 0.896. The maximum absolute atomic E-state index is 11.2. The van der Waals surface area contributed by atoms with E-state index in [-0.39, 0.29) is 4.90 Å². The molecule has 0 fully saturated rings. The van der Waals surface area contributed by atoms with E-state index in [4.69, 9.17) is 10.7 Å². The van der Waals surface area contributed by atoms with Crippen LogP contribution in [0, 0.1) is 0 Å². The van der Waals surface area contributed by atoms with E-state index in [2.05, 4.69) is 10.3 Å². The lowest BCUT2D eigenvalue weighted by Crippen LogP contribution is -1.97. The fourth-order valence-corrected chi connectivity index (χ4v) is 2.36.